The van der Waals surface area contributed by atoms with Crippen LogP contribution in [0.3, 0.4) is 0 Å². The van der Waals surface area contributed by atoms with E-state index in [2.05, 4.69) is 20.4 Å². The van der Waals surface area contributed by atoms with Crippen LogP contribution in [0.1, 0.15) is 23.3 Å². The lowest BCUT2D eigenvalue weighted by atomic mass is 10.1. The Morgan fingerprint density at radius 2 is 2.18 bits per heavy atom. The molecule has 116 valence electrons. The largest absolute Gasteiger partial charge is 0.346 e. The van der Waals surface area contributed by atoms with Crippen LogP contribution in [0.15, 0.2) is 24.7 Å². The molecule has 8 heteroatoms. The second-order valence-corrected chi connectivity index (χ2v) is 5.30. The summed E-state index contributed by atoms with van der Waals surface area (Å²) in [7, 11) is 1.73. The SMILES string of the molecule is Cn1nccc1C(=O)NC1CCCN(c2ncc(F)cn2)C1. The summed E-state index contributed by atoms with van der Waals surface area (Å²) in [6.07, 6.45) is 5.70. The minimum Gasteiger partial charge on any atom is -0.346 e. The second-order valence-electron chi connectivity index (χ2n) is 5.30. The number of aryl methyl sites for hydroxylation is 1. The highest BCUT2D eigenvalue weighted by Gasteiger charge is 2.24. The Morgan fingerprint density at radius 3 is 2.86 bits per heavy atom. The Morgan fingerprint density at radius 1 is 1.41 bits per heavy atom. The van der Waals surface area contributed by atoms with Gasteiger partial charge in [0.2, 0.25) is 5.95 Å². The molecular formula is C14H17FN6O. The maximum absolute atomic E-state index is 12.9. The van der Waals surface area contributed by atoms with Crippen molar-refractivity contribution in [2.75, 3.05) is 18.0 Å². The molecule has 22 heavy (non-hydrogen) atoms. The minimum atomic E-state index is -0.457. The molecule has 2 aromatic heterocycles. The topological polar surface area (TPSA) is 75.9 Å². The lowest BCUT2D eigenvalue weighted by Crippen LogP contribution is -2.48. The molecule has 1 amide bonds. The highest BCUT2D eigenvalue weighted by atomic mass is 19.1. The molecule has 1 aliphatic rings. The summed E-state index contributed by atoms with van der Waals surface area (Å²) >= 11 is 0. The third-order valence-electron chi connectivity index (χ3n) is 3.70. The molecule has 0 radical (unpaired) electrons. The molecule has 1 atom stereocenters. The lowest BCUT2D eigenvalue weighted by Gasteiger charge is -2.33. The van der Waals surface area contributed by atoms with Gasteiger partial charge in [0, 0.05) is 32.4 Å². The molecule has 1 aliphatic heterocycles. The van der Waals surface area contributed by atoms with Gasteiger partial charge in [-0.3, -0.25) is 9.48 Å². The molecule has 2 aromatic rings. The fourth-order valence-corrected chi connectivity index (χ4v) is 2.60. The van der Waals surface area contributed by atoms with Crippen molar-refractivity contribution in [3.63, 3.8) is 0 Å². The fourth-order valence-electron chi connectivity index (χ4n) is 2.60. The van der Waals surface area contributed by atoms with Crippen molar-refractivity contribution in [1.29, 1.82) is 0 Å². The molecule has 0 spiro atoms. The number of carbonyl (C=O) groups excluding carboxylic acids is 1. The number of anilines is 1. The van der Waals surface area contributed by atoms with E-state index in [1.165, 1.54) is 0 Å². The molecule has 1 saturated heterocycles. The first-order valence-corrected chi connectivity index (χ1v) is 7.15. The Labute approximate surface area is 127 Å². The first-order chi connectivity index (χ1) is 10.6. The van der Waals surface area contributed by atoms with E-state index >= 15 is 0 Å². The van der Waals surface area contributed by atoms with E-state index in [1.54, 1.807) is 24.0 Å². The average molecular weight is 304 g/mol. The van der Waals surface area contributed by atoms with Gasteiger partial charge in [-0.2, -0.15) is 5.10 Å². The molecular weight excluding hydrogens is 287 g/mol. The van der Waals surface area contributed by atoms with E-state index < -0.39 is 5.82 Å². The quantitative estimate of drug-likeness (QED) is 0.905. The minimum absolute atomic E-state index is 0.00445. The van der Waals surface area contributed by atoms with Crippen LogP contribution in [-0.4, -0.2) is 44.8 Å². The van der Waals surface area contributed by atoms with E-state index in [1.807, 2.05) is 4.90 Å². The summed E-state index contributed by atoms with van der Waals surface area (Å²) in [4.78, 5) is 22.2. The van der Waals surface area contributed by atoms with Crippen molar-refractivity contribution in [3.8, 4) is 0 Å². The fraction of sp³-hybridized carbons (Fsp3) is 0.429. The Bertz CT molecular complexity index is 656. The van der Waals surface area contributed by atoms with Gasteiger partial charge in [0.1, 0.15) is 5.69 Å². The Kier molecular flexibility index (Phi) is 3.99. The third-order valence-corrected chi connectivity index (χ3v) is 3.70. The zero-order valence-electron chi connectivity index (χ0n) is 12.2. The van der Waals surface area contributed by atoms with Crippen LogP contribution < -0.4 is 10.2 Å². The summed E-state index contributed by atoms with van der Waals surface area (Å²) in [5.41, 5.74) is 0.523. The predicted molar refractivity (Wildman–Crippen MR) is 77.9 cm³/mol. The summed E-state index contributed by atoms with van der Waals surface area (Å²) in [6, 6.07) is 1.68. The summed E-state index contributed by atoms with van der Waals surface area (Å²) in [5, 5.41) is 6.99. The van der Waals surface area contributed by atoms with E-state index in [0.29, 0.717) is 18.2 Å². The van der Waals surface area contributed by atoms with E-state index in [4.69, 9.17) is 0 Å². The number of hydrogen-bond acceptors (Lipinski definition) is 5. The Balaban J connectivity index is 1.64. The monoisotopic (exact) mass is 304 g/mol. The number of carbonyl (C=O) groups is 1. The van der Waals surface area contributed by atoms with Gasteiger partial charge in [-0.1, -0.05) is 0 Å². The van der Waals surface area contributed by atoms with Crippen LogP contribution in [0.5, 0.6) is 0 Å². The molecule has 1 fully saturated rings. The zero-order chi connectivity index (χ0) is 15.5. The Hall–Kier alpha value is -2.51. The average Bonchev–Trinajstić information content (AvgIpc) is 2.94. The summed E-state index contributed by atoms with van der Waals surface area (Å²) < 4.78 is 14.4. The van der Waals surface area contributed by atoms with Gasteiger partial charge in [-0.05, 0) is 18.9 Å². The summed E-state index contributed by atoms with van der Waals surface area (Å²) in [6.45, 7) is 1.40. The molecule has 0 aromatic carbocycles. The second kappa shape index (κ2) is 6.08. The van der Waals surface area contributed by atoms with Crippen molar-refractivity contribution < 1.29 is 9.18 Å². The van der Waals surface area contributed by atoms with Crippen LogP contribution >= 0.6 is 0 Å². The van der Waals surface area contributed by atoms with Crippen LogP contribution in [0, 0.1) is 5.82 Å². The number of halogens is 1. The standard InChI is InChI=1S/C14H17FN6O/c1-20-12(4-5-18-20)13(22)19-11-3-2-6-21(9-11)14-16-7-10(15)8-17-14/h4-5,7-8,11H,2-3,6,9H2,1H3,(H,19,22). The molecule has 3 rings (SSSR count). The van der Waals surface area contributed by atoms with Gasteiger partial charge in [0.25, 0.3) is 5.91 Å². The number of nitrogens with one attached hydrogen (secondary N) is 1. The van der Waals surface area contributed by atoms with Gasteiger partial charge in [-0.15, -0.1) is 0 Å². The van der Waals surface area contributed by atoms with Gasteiger partial charge >= 0.3 is 0 Å². The van der Waals surface area contributed by atoms with Gasteiger partial charge in [0.05, 0.1) is 12.4 Å². The maximum atomic E-state index is 12.9. The predicted octanol–water partition coefficient (Wildman–Crippen LogP) is 0.748. The van der Waals surface area contributed by atoms with Crippen molar-refractivity contribution in [1.82, 2.24) is 25.1 Å². The zero-order valence-corrected chi connectivity index (χ0v) is 12.2. The number of amides is 1. The maximum Gasteiger partial charge on any atom is 0.269 e. The molecule has 0 saturated carbocycles. The molecule has 1 unspecified atom stereocenters. The molecule has 3 heterocycles. The van der Waals surface area contributed by atoms with Crippen LogP contribution in [-0.2, 0) is 7.05 Å². The van der Waals surface area contributed by atoms with Crippen molar-refractivity contribution in [2.45, 2.75) is 18.9 Å². The van der Waals surface area contributed by atoms with E-state index in [9.17, 15) is 9.18 Å². The van der Waals surface area contributed by atoms with Gasteiger partial charge < -0.3 is 10.2 Å². The molecule has 1 N–H and O–H groups in total. The number of nitrogens with zero attached hydrogens (tertiary/aromatic N) is 5. The summed E-state index contributed by atoms with van der Waals surface area (Å²) in [5.74, 6) is -0.116. The first-order valence-electron chi connectivity index (χ1n) is 7.15. The van der Waals surface area contributed by atoms with E-state index in [-0.39, 0.29) is 11.9 Å². The number of rotatable bonds is 3. The smallest absolute Gasteiger partial charge is 0.269 e. The normalized spacial score (nSPS) is 18.3. The van der Waals surface area contributed by atoms with Crippen LogP contribution in [0.4, 0.5) is 10.3 Å². The number of hydrogen-bond donors (Lipinski definition) is 1. The highest BCUT2D eigenvalue weighted by Crippen LogP contribution is 2.16. The van der Waals surface area contributed by atoms with Crippen molar-refractivity contribution >= 4 is 11.9 Å². The number of aromatic nitrogens is 4. The van der Waals surface area contributed by atoms with Crippen LogP contribution in [0.25, 0.3) is 0 Å². The third kappa shape index (κ3) is 3.05. The molecule has 0 aliphatic carbocycles. The van der Waals surface area contributed by atoms with Crippen LogP contribution in [0.2, 0.25) is 0 Å². The van der Waals surface area contributed by atoms with Gasteiger partial charge in [-0.25, -0.2) is 14.4 Å². The molecule has 7 nitrogen and oxygen atoms in total. The van der Waals surface area contributed by atoms with E-state index in [0.717, 1.165) is 31.8 Å². The van der Waals surface area contributed by atoms with Gasteiger partial charge in [0.15, 0.2) is 5.82 Å². The van der Waals surface area contributed by atoms with Crippen molar-refractivity contribution in [3.05, 3.63) is 36.2 Å². The van der Waals surface area contributed by atoms with Crippen molar-refractivity contribution in [2.24, 2.45) is 7.05 Å². The molecule has 0 bridgehead atoms. The highest BCUT2D eigenvalue weighted by molar-refractivity contribution is 5.92. The lowest BCUT2D eigenvalue weighted by molar-refractivity contribution is 0.0923. The first kappa shape index (κ1) is 14.4. The number of piperidine rings is 1.